The van der Waals surface area contributed by atoms with E-state index in [-0.39, 0.29) is 64.7 Å². The van der Waals surface area contributed by atoms with Crippen molar-refractivity contribution in [2.24, 2.45) is 0 Å². The van der Waals surface area contributed by atoms with Gasteiger partial charge in [-0.1, -0.05) is 54.1 Å². The summed E-state index contributed by atoms with van der Waals surface area (Å²) in [5.41, 5.74) is 0.841. The maximum Gasteiger partial charge on any atom is 0.336 e. The van der Waals surface area contributed by atoms with E-state index >= 15 is 0 Å². The Morgan fingerprint density at radius 2 is 1.04 bits per heavy atom. The number of benzene rings is 3. The molecule has 0 unspecified atom stereocenters. The molecule has 14 heteroatoms. The second kappa shape index (κ2) is 16.2. The normalized spacial score (nSPS) is 12.9. The molecular weight excluding hydrogens is 658 g/mol. The molecule has 3 aromatic carbocycles. The summed E-state index contributed by atoms with van der Waals surface area (Å²) in [6.07, 6.45) is 0. The van der Waals surface area contributed by atoms with Crippen molar-refractivity contribution in [1.29, 1.82) is 0 Å². The molecule has 1 aliphatic rings. The van der Waals surface area contributed by atoms with Gasteiger partial charge in [0.25, 0.3) is 11.8 Å². The highest BCUT2D eigenvalue weighted by atomic mass is 35.5. The maximum absolute atomic E-state index is 13.6. The minimum atomic E-state index is -1.26. The topological polar surface area (TPSA) is 197 Å². The van der Waals surface area contributed by atoms with E-state index in [0.717, 1.165) is 0 Å². The van der Waals surface area contributed by atoms with Gasteiger partial charge in [-0.2, -0.15) is 0 Å². The highest BCUT2D eigenvalue weighted by Crippen LogP contribution is 2.41. The Morgan fingerprint density at radius 3 is 1.45 bits per heavy atom. The highest BCUT2D eigenvalue weighted by molar-refractivity contribution is 6.31. The number of aromatic carboxylic acids is 2. The second-order valence-electron chi connectivity index (χ2n) is 10.6. The van der Waals surface area contributed by atoms with Crippen LogP contribution in [0.1, 0.15) is 66.8 Å². The number of rotatable bonds is 13. The molecule has 0 atom stereocenters. The summed E-state index contributed by atoms with van der Waals surface area (Å²) in [6.45, 7) is 2.42. The fourth-order valence-corrected chi connectivity index (χ4v) is 5.50. The number of carbonyl (C=O) groups excluding carboxylic acids is 4. The Bertz CT molecular complexity index is 1770. The van der Waals surface area contributed by atoms with Crippen molar-refractivity contribution in [3.63, 3.8) is 0 Å². The molecule has 0 bridgehead atoms. The van der Waals surface area contributed by atoms with Crippen molar-refractivity contribution >= 4 is 47.3 Å². The Balaban J connectivity index is 1.46. The summed E-state index contributed by atoms with van der Waals surface area (Å²) in [7, 11) is 0. The minimum Gasteiger partial charge on any atom is -0.478 e. The number of allylic oxidation sites excluding steroid dienone is 2. The molecule has 49 heavy (non-hydrogen) atoms. The molecule has 1 heterocycles. The first-order chi connectivity index (χ1) is 23.4. The number of dihydropyridines is 1. The molecule has 4 rings (SSSR count). The van der Waals surface area contributed by atoms with Crippen LogP contribution >= 0.6 is 11.6 Å². The molecule has 0 radical (unpaired) electrons. The zero-order valence-electron chi connectivity index (χ0n) is 26.4. The third-order valence-electron chi connectivity index (χ3n) is 7.46. The predicted molar refractivity (Wildman–Crippen MR) is 176 cm³/mol. The summed E-state index contributed by atoms with van der Waals surface area (Å²) >= 11 is 6.55. The molecule has 2 amide bonds. The third kappa shape index (κ3) is 8.51. The first-order valence-electron chi connectivity index (χ1n) is 14.9. The van der Waals surface area contributed by atoms with E-state index in [0.29, 0.717) is 17.0 Å². The number of nitrogens with one attached hydrogen (secondary N) is 3. The third-order valence-corrected chi connectivity index (χ3v) is 7.81. The SMILES string of the molecule is CC1=C(C(=O)OCCNC(=O)c2ccccc2C(=O)O)C(c2ccccc2Cl)C(C(=O)OCCNC(=O)c2ccccc2C(=O)O)=C(C)N1. The lowest BCUT2D eigenvalue weighted by Gasteiger charge is -2.31. The van der Waals surface area contributed by atoms with E-state index in [1.807, 2.05) is 0 Å². The number of halogens is 1. The minimum absolute atomic E-state index is 0.0523. The molecule has 0 fully saturated rings. The first kappa shape index (κ1) is 35.9. The quantitative estimate of drug-likeness (QED) is 0.129. The summed E-state index contributed by atoms with van der Waals surface area (Å²) in [4.78, 5) is 75.3. The van der Waals surface area contributed by atoms with E-state index in [4.69, 9.17) is 21.1 Å². The lowest BCUT2D eigenvalue weighted by molar-refractivity contribution is -0.140. The van der Waals surface area contributed by atoms with Gasteiger partial charge in [-0.15, -0.1) is 0 Å². The number of hydrogen-bond donors (Lipinski definition) is 5. The summed E-state index contributed by atoms with van der Waals surface area (Å²) in [6, 6.07) is 18.0. The standard InChI is InChI=1S/C35H32ClN3O10/c1-19-27(34(46)48-17-15-37-30(40)21-9-3-5-11-23(21)32(42)43)29(25-13-7-8-14-26(25)36)28(20(2)39-19)35(47)49-18-16-38-31(41)22-10-4-6-12-24(22)33(44)45/h3-14,29,39H,15-18H2,1-2H3,(H,37,40)(H,38,41)(H,42,43)(H,44,45). The van der Waals surface area contributed by atoms with Crippen molar-refractivity contribution in [2.45, 2.75) is 19.8 Å². The van der Waals surface area contributed by atoms with Gasteiger partial charge in [0.1, 0.15) is 13.2 Å². The lowest BCUT2D eigenvalue weighted by atomic mass is 9.80. The highest BCUT2D eigenvalue weighted by Gasteiger charge is 2.39. The van der Waals surface area contributed by atoms with Crippen molar-refractivity contribution in [1.82, 2.24) is 16.0 Å². The van der Waals surface area contributed by atoms with E-state index in [1.54, 1.807) is 38.1 Å². The summed E-state index contributed by atoms with van der Waals surface area (Å²) in [5, 5.41) is 27.1. The van der Waals surface area contributed by atoms with Crippen LogP contribution in [0.15, 0.2) is 95.3 Å². The van der Waals surface area contributed by atoms with Gasteiger partial charge in [-0.25, -0.2) is 19.2 Å². The molecule has 5 N–H and O–H groups in total. The van der Waals surface area contributed by atoms with Gasteiger partial charge >= 0.3 is 23.9 Å². The number of carboxylic acid groups (broad SMARTS) is 2. The monoisotopic (exact) mass is 689 g/mol. The molecular formula is C35H32ClN3O10. The summed E-state index contributed by atoms with van der Waals surface area (Å²) < 4.78 is 11.0. The van der Waals surface area contributed by atoms with Crippen LogP contribution in [0.5, 0.6) is 0 Å². The maximum atomic E-state index is 13.6. The summed E-state index contributed by atoms with van der Waals surface area (Å²) in [5.74, 6) is -6.50. The van der Waals surface area contributed by atoms with Gasteiger partial charge in [-0.3, -0.25) is 9.59 Å². The van der Waals surface area contributed by atoms with Gasteiger partial charge in [-0.05, 0) is 49.7 Å². The van der Waals surface area contributed by atoms with Crippen LogP contribution in [0.4, 0.5) is 0 Å². The molecule has 0 saturated carbocycles. The number of ether oxygens (including phenoxy) is 2. The van der Waals surface area contributed by atoms with Crippen molar-refractivity contribution in [3.05, 3.63) is 128 Å². The first-order valence-corrected chi connectivity index (χ1v) is 15.3. The van der Waals surface area contributed by atoms with Crippen LogP contribution in [0.3, 0.4) is 0 Å². The van der Waals surface area contributed by atoms with Gasteiger partial charge in [0.15, 0.2) is 0 Å². The van der Waals surface area contributed by atoms with E-state index in [2.05, 4.69) is 16.0 Å². The number of hydrogen-bond acceptors (Lipinski definition) is 9. The van der Waals surface area contributed by atoms with Gasteiger partial charge in [0.05, 0.1) is 52.4 Å². The Morgan fingerprint density at radius 1 is 0.653 bits per heavy atom. The molecule has 0 spiro atoms. The van der Waals surface area contributed by atoms with Gasteiger partial charge < -0.3 is 35.6 Å². The van der Waals surface area contributed by atoms with Crippen LogP contribution in [0, 0.1) is 0 Å². The lowest BCUT2D eigenvalue weighted by Crippen LogP contribution is -2.35. The molecule has 3 aromatic rings. The number of amides is 2. The number of carbonyl (C=O) groups is 6. The van der Waals surface area contributed by atoms with Crippen LogP contribution in [0.25, 0.3) is 0 Å². The zero-order chi connectivity index (χ0) is 35.7. The Kier molecular flexibility index (Phi) is 11.9. The molecule has 0 saturated heterocycles. The van der Waals surface area contributed by atoms with Crippen molar-refractivity contribution in [2.75, 3.05) is 26.3 Å². The fraction of sp³-hybridized carbons (Fsp3) is 0.200. The van der Waals surface area contributed by atoms with E-state index in [1.165, 1.54) is 48.5 Å². The molecule has 0 aliphatic carbocycles. The molecule has 1 aliphatic heterocycles. The van der Waals surface area contributed by atoms with Crippen LogP contribution < -0.4 is 16.0 Å². The smallest absolute Gasteiger partial charge is 0.336 e. The number of carboxylic acids is 2. The van der Waals surface area contributed by atoms with Crippen LogP contribution in [-0.4, -0.2) is 72.2 Å². The van der Waals surface area contributed by atoms with Gasteiger partial charge in [0, 0.05) is 16.4 Å². The Labute approximate surface area is 285 Å². The van der Waals surface area contributed by atoms with Gasteiger partial charge in [0.2, 0.25) is 0 Å². The fourth-order valence-electron chi connectivity index (χ4n) is 5.25. The average Bonchev–Trinajstić information content (AvgIpc) is 3.08. The Hall–Kier alpha value is -5.95. The van der Waals surface area contributed by atoms with Crippen LogP contribution in [0.2, 0.25) is 5.02 Å². The van der Waals surface area contributed by atoms with Crippen molar-refractivity contribution < 1.29 is 48.5 Å². The molecule has 0 aromatic heterocycles. The predicted octanol–water partition coefficient (Wildman–Crippen LogP) is 3.92. The molecule has 13 nitrogen and oxygen atoms in total. The van der Waals surface area contributed by atoms with Crippen LogP contribution in [-0.2, 0) is 19.1 Å². The van der Waals surface area contributed by atoms with Crippen molar-refractivity contribution in [3.8, 4) is 0 Å². The van der Waals surface area contributed by atoms with E-state index < -0.39 is 41.6 Å². The number of esters is 2. The van der Waals surface area contributed by atoms with E-state index in [9.17, 15) is 39.0 Å². The largest absolute Gasteiger partial charge is 0.478 e. The average molecular weight is 690 g/mol. The second-order valence-corrected chi connectivity index (χ2v) is 11.0. The molecule has 254 valence electrons. The zero-order valence-corrected chi connectivity index (χ0v) is 27.1.